The summed E-state index contributed by atoms with van der Waals surface area (Å²) in [6.45, 7) is 0.660. The van der Waals surface area contributed by atoms with Crippen LogP contribution in [-0.2, 0) is 6.42 Å². The molecule has 1 aliphatic carbocycles. The summed E-state index contributed by atoms with van der Waals surface area (Å²) in [5.74, 6) is -0.263. The summed E-state index contributed by atoms with van der Waals surface area (Å²) in [6, 6.07) is 15.2. The molecule has 0 radical (unpaired) electrons. The molecule has 2 aliphatic rings. The number of urea groups is 1. The highest BCUT2D eigenvalue weighted by molar-refractivity contribution is 5.76. The Bertz CT molecular complexity index is 786. The summed E-state index contributed by atoms with van der Waals surface area (Å²) < 4.78 is 13.4. The van der Waals surface area contributed by atoms with Crippen molar-refractivity contribution in [1.29, 1.82) is 0 Å². The van der Waals surface area contributed by atoms with Gasteiger partial charge in [-0.25, -0.2) is 9.18 Å². The molecule has 136 valence electrons. The first-order valence-corrected chi connectivity index (χ1v) is 9.23. The van der Waals surface area contributed by atoms with Crippen LogP contribution in [0.3, 0.4) is 0 Å². The first kappa shape index (κ1) is 17.0. The van der Waals surface area contributed by atoms with Gasteiger partial charge in [-0.15, -0.1) is 0 Å². The molecule has 0 bridgehead atoms. The smallest absolute Gasteiger partial charge is 0.318 e. The predicted molar refractivity (Wildman–Crippen MR) is 99.5 cm³/mol. The highest BCUT2D eigenvalue weighted by Crippen LogP contribution is 2.35. The molecule has 2 amide bonds. The van der Waals surface area contributed by atoms with Gasteiger partial charge in [-0.2, -0.15) is 0 Å². The molecule has 1 fully saturated rings. The monoisotopic (exact) mass is 353 g/mol. The van der Waals surface area contributed by atoms with E-state index in [0.717, 1.165) is 30.4 Å². The number of carbonyl (C=O) groups is 1. The van der Waals surface area contributed by atoms with Gasteiger partial charge in [-0.3, -0.25) is 0 Å². The third-order valence-electron chi connectivity index (χ3n) is 5.60. The SMILES string of the molecule is CNC1CC(NC(=O)N2CCc3ccccc3[C@@H]2c2ccc(F)cc2)C1. The zero-order chi connectivity index (χ0) is 18.1. The van der Waals surface area contributed by atoms with Crippen LogP contribution in [-0.4, -0.2) is 36.6 Å². The van der Waals surface area contributed by atoms with E-state index < -0.39 is 0 Å². The first-order chi connectivity index (χ1) is 12.7. The van der Waals surface area contributed by atoms with Gasteiger partial charge < -0.3 is 15.5 Å². The van der Waals surface area contributed by atoms with Gasteiger partial charge in [0.15, 0.2) is 0 Å². The predicted octanol–water partition coefficient (Wildman–Crippen LogP) is 3.23. The largest absolute Gasteiger partial charge is 0.335 e. The maximum Gasteiger partial charge on any atom is 0.318 e. The molecule has 0 spiro atoms. The minimum absolute atomic E-state index is 0.0339. The Hall–Kier alpha value is -2.40. The molecule has 1 aliphatic heterocycles. The van der Waals surface area contributed by atoms with Crippen LogP contribution < -0.4 is 10.6 Å². The Kier molecular flexibility index (Phi) is 4.64. The third-order valence-corrected chi connectivity index (χ3v) is 5.60. The van der Waals surface area contributed by atoms with E-state index in [1.165, 1.54) is 17.7 Å². The van der Waals surface area contributed by atoms with Crippen LogP contribution in [0.1, 0.15) is 35.6 Å². The molecule has 2 aromatic carbocycles. The van der Waals surface area contributed by atoms with Crippen LogP contribution in [0.15, 0.2) is 48.5 Å². The molecule has 2 aromatic rings. The van der Waals surface area contributed by atoms with E-state index in [1.807, 2.05) is 24.1 Å². The lowest BCUT2D eigenvalue weighted by Gasteiger charge is -2.41. The normalized spacial score (nSPS) is 24.5. The number of rotatable bonds is 3. The van der Waals surface area contributed by atoms with Gasteiger partial charge in [0.05, 0.1) is 6.04 Å². The molecule has 4 nitrogen and oxygen atoms in total. The van der Waals surface area contributed by atoms with Crippen molar-refractivity contribution in [2.75, 3.05) is 13.6 Å². The van der Waals surface area contributed by atoms with Gasteiger partial charge in [0.25, 0.3) is 0 Å². The Balaban J connectivity index is 1.60. The molecule has 0 saturated heterocycles. The number of hydrogen-bond acceptors (Lipinski definition) is 2. The minimum atomic E-state index is -0.263. The van der Waals surface area contributed by atoms with E-state index in [4.69, 9.17) is 0 Å². The number of nitrogens with one attached hydrogen (secondary N) is 2. The van der Waals surface area contributed by atoms with Gasteiger partial charge in [0, 0.05) is 18.6 Å². The van der Waals surface area contributed by atoms with Gasteiger partial charge in [-0.05, 0) is 55.1 Å². The summed E-state index contributed by atoms with van der Waals surface area (Å²) in [5.41, 5.74) is 3.32. The van der Waals surface area contributed by atoms with Crippen molar-refractivity contribution in [2.45, 2.75) is 37.4 Å². The van der Waals surface area contributed by atoms with E-state index >= 15 is 0 Å². The Morgan fingerprint density at radius 2 is 1.81 bits per heavy atom. The van der Waals surface area contributed by atoms with E-state index in [1.54, 1.807) is 12.1 Å². The third kappa shape index (κ3) is 3.19. The van der Waals surface area contributed by atoms with Crippen molar-refractivity contribution >= 4 is 6.03 Å². The second kappa shape index (κ2) is 7.08. The van der Waals surface area contributed by atoms with Crippen molar-refractivity contribution in [3.63, 3.8) is 0 Å². The number of nitrogens with zero attached hydrogens (tertiary/aromatic N) is 1. The summed E-state index contributed by atoms with van der Waals surface area (Å²) in [6.07, 6.45) is 2.77. The zero-order valence-corrected chi connectivity index (χ0v) is 14.9. The number of halogens is 1. The Morgan fingerprint density at radius 3 is 2.54 bits per heavy atom. The fourth-order valence-corrected chi connectivity index (χ4v) is 4.02. The Morgan fingerprint density at radius 1 is 1.08 bits per heavy atom. The zero-order valence-electron chi connectivity index (χ0n) is 14.9. The number of amides is 2. The van der Waals surface area contributed by atoms with Crippen molar-refractivity contribution in [1.82, 2.24) is 15.5 Å². The summed E-state index contributed by atoms with van der Waals surface area (Å²) in [5, 5.41) is 6.40. The molecule has 1 heterocycles. The number of carbonyl (C=O) groups excluding carboxylic acids is 1. The molecule has 0 unspecified atom stereocenters. The van der Waals surface area contributed by atoms with Crippen molar-refractivity contribution in [3.8, 4) is 0 Å². The van der Waals surface area contributed by atoms with E-state index in [9.17, 15) is 9.18 Å². The quantitative estimate of drug-likeness (QED) is 0.890. The Labute approximate surface area is 153 Å². The van der Waals surface area contributed by atoms with E-state index in [2.05, 4.69) is 22.8 Å². The standard InChI is InChI=1S/C21H24FN3O/c1-23-17-12-18(13-17)24-21(26)25-11-10-14-4-2-3-5-19(14)20(25)15-6-8-16(22)9-7-15/h2-9,17-18,20,23H,10-13H2,1H3,(H,24,26)/t17?,18?,20-/m0/s1. The number of hydrogen-bond donors (Lipinski definition) is 2. The molecule has 1 atom stereocenters. The minimum Gasteiger partial charge on any atom is -0.335 e. The van der Waals surface area contributed by atoms with Crippen LogP contribution >= 0.6 is 0 Å². The average Bonchev–Trinajstić information content (AvgIpc) is 2.64. The second-order valence-corrected chi connectivity index (χ2v) is 7.20. The molecule has 4 rings (SSSR count). The van der Waals surface area contributed by atoms with E-state index in [0.29, 0.717) is 12.6 Å². The molecule has 26 heavy (non-hydrogen) atoms. The van der Waals surface area contributed by atoms with Gasteiger partial charge >= 0.3 is 6.03 Å². The molecule has 5 heteroatoms. The van der Waals surface area contributed by atoms with E-state index in [-0.39, 0.29) is 23.9 Å². The summed E-state index contributed by atoms with van der Waals surface area (Å²) in [7, 11) is 1.95. The fourth-order valence-electron chi connectivity index (χ4n) is 4.02. The number of fused-ring (bicyclic) bond motifs is 1. The van der Waals surface area contributed by atoms with Crippen LogP contribution in [0, 0.1) is 5.82 Å². The topological polar surface area (TPSA) is 44.4 Å². The molecule has 2 N–H and O–H groups in total. The summed E-state index contributed by atoms with van der Waals surface area (Å²) >= 11 is 0. The maximum atomic E-state index is 13.4. The second-order valence-electron chi connectivity index (χ2n) is 7.20. The van der Waals surface area contributed by atoms with Crippen LogP contribution in [0.4, 0.5) is 9.18 Å². The lowest BCUT2D eigenvalue weighted by Crippen LogP contribution is -2.55. The van der Waals surface area contributed by atoms with Gasteiger partial charge in [0.1, 0.15) is 5.82 Å². The molecular formula is C21H24FN3O. The average molecular weight is 353 g/mol. The van der Waals surface area contributed by atoms with Crippen LogP contribution in [0.5, 0.6) is 0 Å². The van der Waals surface area contributed by atoms with Crippen LogP contribution in [0.25, 0.3) is 0 Å². The van der Waals surface area contributed by atoms with Crippen molar-refractivity contribution in [2.24, 2.45) is 0 Å². The maximum absolute atomic E-state index is 13.4. The first-order valence-electron chi connectivity index (χ1n) is 9.23. The number of benzene rings is 2. The highest BCUT2D eigenvalue weighted by atomic mass is 19.1. The molecule has 0 aromatic heterocycles. The van der Waals surface area contributed by atoms with Crippen molar-refractivity contribution < 1.29 is 9.18 Å². The lowest BCUT2D eigenvalue weighted by atomic mass is 9.86. The van der Waals surface area contributed by atoms with Gasteiger partial charge in [0.2, 0.25) is 0 Å². The van der Waals surface area contributed by atoms with Crippen molar-refractivity contribution in [3.05, 3.63) is 71.0 Å². The van der Waals surface area contributed by atoms with Crippen LogP contribution in [0.2, 0.25) is 0 Å². The molecule has 1 saturated carbocycles. The fraction of sp³-hybridized carbons (Fsp3) is 0.381. The highest BCUT2D eigenvalue weighted by Gasteiger charge is 2.35. The van der Waals surface area contributed by atoms with Gasteiger partial charge in [-0.1, -0.05) is 36.4 Å². The molecular weight excluding hydrogens is 329 g/mol. The lowest BCUT2D eigenvalue weighted by molar-refractivity contribution is 0.164. The summed E-state index contributed by atoms with van der Waals surface area (Å²) in [4.78, 5) is 14.9.